The predicted octanol–water partition coefficient (Wildman–Crippen LogP) is 1.98. The molecule has 0 spiro atoms. The van der Waals surface area contributed by atoms with Crippen LogP contribution in [0.3, 0.4) is 0 Å². The standard InChI is InChI=1S/C15H14N6O/c22-15(18-9-12-5-2-1-3-6-12)20-13-7-4-8-17-14(13)21-11-16-10-19-21/h1-8,10-11H,9H2,(H2,18,20,22). The molecule has 1 aromatic carbocycles. The number of rotatable bonds is 4. The van der Waals surface area contributed by atoms with Crippen molar-refractivity contribution >= 4 is 11.7 Å². The lowest BCUT2D eigenvalue weighted by Gasteiger charge is -2.10. The van der Waals surface area contributed by atoms with Crippen LogP contribution in [0.4, 0.5) is 10.5 Å². The molecule has 0 aliphatic rings. The number of nitrogens with zero attached hydrogens (tertiary/aromatic N) is 4. The molecule has 0 fully saturated rings. The van der Waals surface area contributed by atoms with Crippen LogP contribution in [0.2, 0.25) is 0 Å². The topological polar surface area (TPSA) is 84.7 Å². The van der Waals surface area contributed by atoms with E-state index in [1.807, 2.05) is 30.3 Å². The van der Waals surface area contributed by atoms with Gasteiger partial charge in [-0.3, -0.25) is 0 Å². The highest BCUT2D eigenvalue weighted by molar-refractivity contribution is 5.90. The summed E-state index contributed by atoms with van der Waals surface area (Å²) in [7, 11) is 0. The fourth-order valence-corrected chi connectivity index (χ4v) is 1.94. The van der Waals surface area contributed by atoms with Crippen LogP contribution in [0.15, 0.2) is 61.3 Å². The van der Waals surface area contributed by atoms with Crippen LogP contribution in [-0.2, 0) is 6.54 Å². The molecule has 2 N–H and O–H groups in total. The maximum Gasteiger partial charge on any atom is 0.319 e. The largest absolute Gasteiger partial charge is 0.334 e. The van der Waals surface area contributed by atoms with Crippen molar-refractivity contribution in [1.29, 1.82) is 0 Å². The van der Waals surface area contributed by atoms with Crippen molar-refractivity contribution in [3.05, 3.63) is 66.9 Å². The van der Waals surface area contributed by atoms with Gasteiger partial charge in [0.25, 0.3) is 0 Å². The molecule has 0 saturated carbocycles. The monoisotopic (exact) mass is 294 g/mol. The zero-order valence-corrected chi connectivity index (χ0v) is 11.7. The summed E-state index contributed by atoms with van der Waals surface area (Å²) in [6.07, 6.45) is 4.56. The number of urea groups is 1. The molecule has 0 aliphatic heterocycles. The molecule has 0 radical (unpaired) electrons. The SMILES string of the molecule is O=C(NCc1ccccc1)Nc1cccnc1-n1cncn1. The van der Waals surface area contributed by atoms with Crippen LogP contribution in [0.25, 0.3) is 5.82 Å². The van der Waals surface area contributed by atoms with Gasteiger partial charge in [-0.25, -0.2) is 19.4 Å². The number of pyridine rings is 1. The van der Waals surface area contributed by atoms with E-state index in [0.29, 0.717) is 18.1 Å². The highest BCUT2D eigenvalue weighted by Crippen LogP contribution is 2.15. The Balaban J connectivity index is 1.67. The summed E-state index contributed by atoms with van der Waals surface area (Å²) in [5.74, 6) is 0.509. The van der Waals surface area contributed by atoms with Crippen molar-refractivity contribution in [2.75, 3.05) is 5.32 Å². The number of aromatic nitrogens is 4. The van der Waals surface area contributed by atoms with Gasteiger partial charge in [0.2, 0.25) is 0 Å². The summed E-state index contributed by atoms with van der Waals surface area (Å²) in [5, 5.41) is 9.58. The second-order valence-corrected chi connectivity index (χ2v) is 4.51. The molecule has 2 heterocycles. The molecular formula is C15H14N6O. The summed E-state index contributed by atoms with van der Waals surface area (Å²) in [6, 6.07) is 12.9. The zero-order valence-electron chi connectivity index (χ0n) is 11.7. The fraction of sp³-hybridized carbons (Fsp3) is 0.0667. The van der Waals surface area contributed by atoms with Crippen LogP contribution in [0.1, 0.15) is 5.56 Å². The Morgan fingerprint density at radius 2 is 2.00 bits per heavy atom. The molecule has 2 aromatic heterocycles. The predicted molar refractivity (Wildman–Crippen MR) is 81.5 cm³/mol. The second-order valence-electron chi connectivity index (χ2n) is 4.51. The van der Waals surface area contributed by atoms with Crippen molar-refractivity contribution < 1.29 is 4.79 Å². The smallest absolute Gasteiger partial charge is 0.319 e. The molecule has 0 atom stereocenters. The van der Waals surface area contributed by atoms with E-state index in [9.17, 15) is 4.79 Å². The normalized spacial score (nSPS) is 10.2. The number of carbonyl (C=O) groups excluding carboxylic acids is 1. The first kappa shape index (κ1) is 13.7. The van der Waals surface area contributed by atoms with Gasteiger partial charge in [0.15, 0.2) is 5.82 Å². The molecule has 0 aliphatic carbocycles. The van der Waals surface area contributed by atoms with E-state index in [-0.39, 0.29) is 6.03 Å². The molecule has 110 valence electrons. The van der Waals surface area contributed by atoms with Crippen LogP contribution in [0, 0.1) is 0 Å². The van der Waals surface area contributed by atoms with E-state index >= 15 is 0 Å². The van der Waals surface area contributed by atoms with Crippen LogP contribution < -0.4 is 10.6 Å². The quantitative estimate of drug-likeness (QED) is 0.770. The molecule has 7 nitrogen and oxygen atoms in total. The van der Waals surface area contributed by atoms with E-state index in [1.54, 1.807) is 18.3 Å². The number of hydrogen-bond acceptors (Lipinski definition) is 4. The minimum absolute atomic E-state index is 0.307. The van der Waals surface area contributed by atoms with Crippen LogP contribution in [0.5, 0.6) is 0 Å². The number of anilines is 1. The lowest BCUT2D eigenvalue weighted by molar-refractivity contribution is 0.251. The van der Waals surface area contributed by atoms with Gasteiger partial charge in [0, 0.05) is 12.7 Å². The van der Waals surface area contributed by atoms with Crippen molar-refractivity contribution in [3.8, 4) is 5.82 Å². The summed E-state index contributed by atoms with van der Waals surface area (Å²) < 4.78 is 1.49. The van der Waals surface area contributed by atoms with Crippen molar-refractivity contribution in [3.63, 3.8) is 0 Å². The number of benzene rings is 1. The van der Waals surface area contributed by atoms with Gasteiger partial charge in [0.05, 0.1) is 5.69 Å². The average molecular weight is 294 g/mol. The van der Waals surface area contributed by atoms with Gasteiger partial charge in [0.1, 0.15) is 12.7 Å². The number of carbonyl (C=O) groups is 1. The van der Waals surface area contributed by atoms with Crippen molar-refractivity contribution in [1.82, 2.24) is 25.1 Å². The highest BCUT2D eigenvalue weighted by Gasteiger charge is 2.09. The van der Waals surface area contributed by atoms with Crippen LogP contribution in [-0.4, -0.2) is 25.8 Å². The Kier molecular flexibility index (Phi) is 4.05. The minimum Gasteiger partial charge on any atom is -0.334 e. The summed E-state index contributed by atoms with van der Waals surface area (Å²) in [4.78, 5) is 20.1. The Morgan fingerprint density at radius 1 is 1.14 bits per heavy atom. The second kappa shape index (κ2) is 6.49. The Labute approximate surface area is 127 Å². The Hall–Kier alpha value is -3.22. The molecule has 2 amide bonds. The molecule has 3 rings (SSSR count). The van der Waals surface area contributed by atoms with Crippen molar-refractivity contribution in [2.24, 2.45) is 0 Å². The molecule has 22 heavy (non-hydrogen) atoms. The van der Waals surface area contributed by atoms with Gasteiger partial charge in [-0.15, -0.1) is 0 Å². The van der Waals surface area contributed by atoms with Gasteiger partial charge >= 0.3 is 6.03 Å². The molecular weight excluding hydrogens is 280 g/mol. The molecule has 0 bridgehead atoms. The first-order chi connectivity index (χ1) is 10.8. The van der Waals surface area contributed by atoms with E-state index in [4.69, 9.17) is 0 Å². The highest BCUT2D eigenvalue weighted by atomic mass is 16.2. The van der Waals surface area contributed by atoms with E-state index in [1.165, 1.54) is 17.3 Å². The minimum atomic E-state index is -0.307. The maximum absolute atomic E-state index is 12.0. The first-order valence-electron chi connectivity index (χ1n) is 6.72. The van der Waals surface area contributed by atoms with Gasteiger partial charge in [-0.2, -0.15) is 5.10 Å². The molecule has 3 aromatic rings. The van der Waals surface area contributed by atoms with E-state index in [0.717, 1.165) is 5.56 Å². The van der Waals surface area contributed by atoms with Gasteiger partial charge in [-0.05, 0) is 17.7 Å². The Morgan fingerprint density at radius 3 is 2.77 bits per heavy atom. The number of amides is 2. The zero-order chi connectivity index (χ0) is 15.2. The van der Waals surface area contributed by atoms with Gasteiger partial charge < -0.3 is 10.6 Å². The lowest BCUT2D eigenvalue weighted by Crippen LogP contribution is -2.28. The molecule has 0 unspecified atom stereocenters. The summed E-state index contributed by atoms with van der Waals surface area (Å²) in [5.41, 5.74) is 1.58. The van der Waals surface area contributed by atoms with Crippen LogP contribution >= 0.6 is 0 Å². The molecule has 0 saturated heterocycles. The Bertz CT molecular complexity index is 742. The fourth-order valence-electron chi connectivity index (χ4n) is 1.94. The first-order valence-corrected chi connectivity index (χ1v) is 6.72. The summed E-state index contributed by atoms with van der Waals surface area (Å²) in [6.45, 7) is 0.450. The average Bonchev–Trinajstić information content (AvgIpc) is 3.09. The van der Waals surface area contributed by atoms with Crippen molar-refractivity contribution in [2.45, 2.75) is 6.54 Å². The van der Waals surface area contributed by atoms with E-state index < -0.39 is 0 Å². The third-order valence-electron chi connectivity index (χ3n) is 2.97. The van der Waals surface area contributed by atoms with E-state index in [2.05, 4.69) is 25.7 Å². The van der Waals surface area contributed by atoms with Gasteiger partial charge in [-0.1, -0.05) is 30.3 Å². The third kappa shape index (κ3) is 3.26. The third-order valence-corrected chi connectivity index (χ3v) is 2.97. The maximum atomic E-state index is 12.0. The molecule has 7 heteroatoms. The lowest BCUT2D eigenvalue weighted by atomic mass is 10.2. The number of hydrogen-bond donors (Lipinski definition) is 2. The number of nitrogens with one attached hydrogen (secondary N) is 2. The summed E-state index contributed by atoms with van der Waals surface area (Å²) >= 11 is 0.